The second-order valence-corrected chi connectivity index (χ2v) is 6.27. The molecule has 0 radical (unpaired) electrons. The first-order valence-electron chi connectivity index (χ1n) is 8.94. The van der Waals surface area contributed by atoms with E-state index in [9.17, 15) is 9.59 Å². The first kappa shape index (κ1) is 18.9. The van der Waals surface area contributed by atoms with Crippen molar-refractivity contribution in [1.29, 1.82) is 0 Å². The molecule has 6 nitrogen and oxygen atoms in total. The van der Waals surface area contributed by atoms with E-state index in [1.165, 1.54) is 0 Å². The van der Waals surface area contributed by atoms with Gasteiger partial charge >= 0.3 is 5.97 Å². The van der Waals surface area contributed by atoms with Crippen LogP contribution < -0.4 is 4.74 Å². The van der Waals surface area contributed by atoms with Gasteiger partial charge in [0.2, 0.25) is 6.10 Å². The molecule has 0 N–H and O–H groups in total. The first-order valence-corrected chi connectivity index (χ1v) is 8.94. The standard InChI is InChI=1S/C21H23NO5/c1-16-7-5-6-10-18(16)26-15-19(23)27-20(17-8-3-2-4-9-17)21(24)22-11-13-25-14-12-22/h2-10,20H,11-15H2,1H3/t20-/m1/s1. The van der Waals surface area contributed by atoms with E-state index in [1.807, 2.05) is 43.3 Å². The fourth-order valence-electron chi connectivity index (χ4n) is 2.86. The molecule has 0 unspecified atom stereocenters. The number of para-hydroxylation sites is 1. The molecular weight excluding hydrogens is 346 g/mol. The van der Waals surface area contributed by atoms with Gasteiger partial charge in [-0.15, -0.1) is 0 Å². The minimum atomic E-state index is -0.989. The van der Waals surface area contributed by atoms with E-state index in [1.54, 1.807) is 23.1 Å². The van der Waals surface area contributed by atoms with Crippen molar-refractivity contribution >= 4 is 11.9 Å². The Balaban J connectivity index is 1.68. The van der Waals surface area contributed by atoms with E-state index in [4.69, 9.17) is 14.2 Å². The lowest BCUT2D eigenvalue weighted by Crippen LogP contribution is -2.44. The third-order valence-electron chi connectivity index (χ3n) is 4.34. The lowest BCUT2D eigenvalue weighted by Gasteiger charge is -2.30. The zero-order valence-corrected chi connectivity index (χ0v) is 15.3. The van der Waals surface area contributed by atoms with Gasteiger partial charge in [-0.2, -0.15) is 0 Å². The Labute approximate surface area is 158 Å². The number of carbonyl (C=O) groups excluding carboxylic acids is 2. The molecule has 2 aromatic rings. The molecular formula is C21H23NO5. The van der Waals surface area contributed by atoms with Gasteiger partial charge in [0, 0.05) is 18.7 Å². The fourth-order valence-corrected chi connectivity index (χ4v) is 2.86. The Hall–Kier alpha value is -2.86. The van der Waals surface area contributed by atoms with Crippen LogP contribution in [0, 0.1) is 6.92 Å². The Kier molecular flexibility index (Phi) is 6.44. The average Bonchev–Trinajstić information content (AvgIpc) is 2.72. The summed E-state index contributed by atoms with van der Waals surface area (Å²) >= 11 is 0. The summed E-state index contributed by atoms with van der Waals surface area (Å²) in [6.07, 6.45) is -0.989. The summed E-state index contributed by atoms with van der Waals surface area (Å²) in [7, 11) is 0. The lowest BCUT2D eigenvalue weighted by atomic mass is 10.1. The molecule has 1 amide bonds. The largest absolute Gasteiger partial charge is 0.482 e. The summed E-state index contributed by atoms with van der Waals surface area (Å²) in [6.45, 7) is 3.58. The molecule has 0 spiro atoms. The van der Waals surface area contributed by atoms with Gasteiger partial charge in [-0.3, -0.25) is 4.79 Å². The molecule has 2 aromatic carbocycles. The number of benzene rings is 2. The molecule has 0 aliphatic carbocycles. The van der Waals surface area contributed by atoms with E-state index in [0.717, 1.165) is 5.56 Å². The van der Waals surface area contributed by atoms with Crippen molar-refractivity contribution in [3.8, 4) is 5.75 Å². The molecule has 1 atom stereocenters. The van der Waals surface area contributed by atoms with Crippen LogP contribution in [0.2, 0.25) is 0 Å². The van der Waals surface area contributed by atoms with Crippen LogP contribution in [-0.4, -0.2) is 49.7 Å². The molecule has 1 aliphatic rings. The van der Waals surface area contributed by atoms with Gasteiger partial charge in [-0.05, 0) is 18.6 Å². The van der Waals surface area contributed by atoms with Gasteiger partial charge in [-0.1, -0.05) is 48.5 Å². The summed E-state index contributed by atoms with van der Waals surface area (Å²) < 4.78 is 16.4. The van der Waals surface area contributed by atoms with Gasteiger partial charge in [0.15, 0.2) is 6.61 Å². The highest BCUT2D eigenvalue weighted by Gasteiger charge is 2.30. The normalized spacial score (nSPS) is 15.1. The summed E-state index contributed by atoms with van der Waals surface area (Å²) in [6, 6.07) is 16.4. The highest BCUT2D eigenvalue weighted by Crippen LogP contribution is 2.22. The number of carbonyl (C=O) groups is 2. The number of esters is 1. The highest BCUT2D eigenvalue weighted by molar-refractivity contribution is 5.85. The first-order chi connectivity index (χ1) is 13.1. The zero-order valence-electron chi connectivity index (χ0n) is 15.3. The van der Waals surface area contributed by atoms with E-state index in [-0.39, 0.29) is 12.5 Å². The Morgan fingerprint density at radius 1 is 1.04 bits per heavy atom. The molecule has 0 saturated carbocycles. The summed E-state index contributed by atoms with van der Waals surface area (Å²) in [5.41, 5.74) is 1.56. The van der Waals surface area contributed by atoms with Crippen LogP contribution in [0.3, 0.4) is 0 Å². The van der Waals surface area contributed by atoms with Crippen LogP contribution >= 0.6 is 0 Å². The molecule has 27 heavy (non-hydrogen) atoms. The van der Waals surface area contributed by atoms with Crippen molar-refractivity contribution in [1.82, 2.24) is 4.90 Å². The van der Waals surface area contributed by atoms with Gasteiger partial charge in [0.05, 0.1) is 13.2 Å². The maximum atomic E-state index is 12.9. The quantitative estimate of drug-likeness (QED) is 0.732. The summed E-state index contributed by atoms with van der Waals surface area (Å²) in [5.74, 6) is -0.215. The molecule has 1 aliphatic heterocycles. The van der Waals surface area contributed by atoms with Crippen molar-refractivity contribution in [3.63, 3.8) is 0 Å². The number of ether oxygens (including phenoxy) is 3. The number of hydrogen-bond acceptors (Lipinski definition) is 5. The number of morpholine rings is 1. The monoisotopic (exact) mass is 369 g/mol. The van der Waals surface area contributed by atoms with Gasteiger partial charge in [0.1, 0.15) is 5.75 Å². The van der Waals surface area contributed by atoms with Crippen LogP contribution in [0.15, 0.2) is 54.6 Å². The van der Waals surface area contributed by atoms with E-state index in [2.05, 4.69) is 0 Å². The zero-order chi connectivity index (χ0) is 19.1. The molecule has 1 fully saturated rings. The predicted molar refractivity (Wildman–Crippen MR) is 99.3 cm³/mol. The van der Waals surface area contributed by atoms with Crippen LogP contribution in [0.1, 0.15) is 17.2 Å². The van der Waals surface area contributed by atoms with Gasteiger partial charge in [-0.25, -0.2) is 4.79 Å². The second kappa shape index (κ2) is 9.19. The summed E-state index contributed by atoms with van der Waals surface area (Å²) in [5, 5.41) is 0. The van der Waals surface area contributed by atoms with Crippen molar-refractivity contribution in [3.05, 3.63) is 65.7 Å². The Morgan fingerprint density at radius 2 is 1.70 bits per heavy atom. The molecule has 0 aromatic heterocycles. The van der Waals surface area contributed by atoms with Gasteiger partial charge in [0.25, 0.3) is 5.91 Å². The van der Waals surface area contributed by atoms with Crippen molar-refractivity contribution in [2.45, 2.75) is 13.0 Å². The van der Waals surface area contributed by atoms with Crippen molar-refractivity contribution in [2.75, 3.05) is 32.9 Å². The minimum absolute atomic E-state index is 0.242. The number of rotatable bonds is 6. The average molecular weight is 369 g/mol. The smallest absolute Gasteiger partial charge is 0.345 e. The Bertz CT molecular complexity index is 771. The maximum absolute atomic E-state index is 12.9. The topological polar surface area (TPSA) is 65.1 Å². The molecule has 1 heterocycles. The second-order valence-electron chi connectivity index (χ2n) is 6.27. The number of amides is 1. The van der Waals surface area contributed by atoms with Crippen molar-refractivity contribution < 1.29 is 23.8 Å². The number of aryl methyl sites for hydroxylation is 1. The minimum Gasteiger partial charge on any atom is -0.482 e. The molecule has 142 valence electrons. The summed E-state index contributed by atoms with van der Waals surface area (Å²) in [4.78, 5) is 26.9. The SMILES string of the molecule is Cc1ccccc1OCC(=O)O[C@@H](C(=O)N1CCOCC1)c1ccccc1. The Morgan fingerprint density at radius 3 is 2.41 bits per heavy atom. The van der Waals surface area contributed by atoms with Crippen molar-refractivity contribution in [2.24, 2.45) is 0 Å². The third kappa shape index (κ3) is 5.08. The number of hydrogen-bond donors (Lipinski definition) is 0. The van der Waals surface area contributed by atoms with Crippen LogP contribution in [-0.2, 0) is 19.1 Å². The lowest BCUT2D eigenvalue weighted by molar-refractivity contribution is -0.164. The van der Waals surface area contributed by atoms with E-state index < -0.39 is 12.1 Å². The number of nitrogens with zero attached hydrogens (tertiary/aromatic N) is 1. The van der Waals surface area contributed by atoms with E-state index in [0.29, 0.717) is 37.6 Å². The van der Waals surface area contributed by atoms with Crippen LogP contribution in [0.4, 0.5) is 0 Å². The van der Waals surface area contributed by atoms with E-state index >= 15 is 0 Å². The molecule has 1 saturated heterocycles. The van der Waals surface area contributed by atoms with Crippen LogP contribution in [0.5, 0.6) is 5.75 Å². The van der Waals surface area contributed by atoms with Gasteiger partial charge < -0.3 is 19.1 Å². The molecule has 0 bridgehead atoms. The maximum Gasteiger partial charge on any atom is 0.345 e. The van der Waals surface area contributed by atoms with Crippen LogP contribution in [0.25, 0.3) is 0 Å². The third-order valence-corrected chi connectivity index (χ3v) is 4.34. The molecule has 6 heteroatoms. The predicted octanol–water partition coefficient (Wildman–Crippen LogP) is 2.52. The fraction of sp³-hybridized carbons (Fsp3) is 0.333. The highest BCUT2D eigenvalue weighted by atomic mass is 16.6. The molecule has 3 rings (SSSR count).